The van der Waals surface area contributed by atoms with Gasteiger partial charge in [-0.15, -0.1) is 11.3 Å². The number of halogens is 2. The molecular formula is C11H10BrClN2S. The number of aromatic nitrogens is 2. The molecule has 0 atom stereocenters. The molecule has 16 heavy (non-hydrogen) atoms. The minimum Gasteiger partial charge on any atom is -0.232 e. The summed E-state index contributed by atoms with van der Waals surface area (Å²) in [5.41, 5.74) is 0.970. The molecule has 0 unspecified atom stereocenters. The summed E-state index contributed by atoms with van der Waals surface area (Å²) >= 11 is 11.1. The third-order valence-electron chi connectivity index (χ3n) is 2.19. The lowest BCUT2D eigenvalue weighted by Gasteiger charge is -2.00. The predicted octanol–water partition coefficient (Wildman–Crippen LogP) is 4.49. The van der Waals surface area contributed by atoms with Gasteiger partial charge in [-0.05, 0) is 41.4 Å². The minimum absolute atomic E-state index is 0.504. The third-order valence-corrected chi connectivity index (χ3v) is 4.51. The van der Waals surface area contributed by atoms with Crippen LogP contribution in [0.4, 0.5) is 0 Å². The highest BCUT2D eigenvalue weighted by molar-refractivity contribution is 9.10. The Morgan fingerprint density at radius 3 is 2.69 bits per heavy atom. The van der Waals surface area contributed by atoms with Gasteiger partial charge in [0.05, 0.1) is 4.88 Å². The van der Waals surface area contributed by atoms with Crippen LogP contribution in [0.2, 0.25) is 5.15 Å². The van der Waals surface area contributed by atoms with E-state index in [0.717, 1.165) is 21.5 Å². The zero-order valence-electron chi connectivity index (χ0n) is 8.92. The van der Waals surface area contributed by atoms with Crippen molar-refractivity contribution in [2.45, 2.75) is 20.3 Å². The summed E-state index contributed by atoms with van der Waals surface area (Å²) in [6.07, 6.45) is 0.862. The molecule has 0 saturated carbocycles. The number of nitrogens with zero attached hydrogens (tertiary/aromatic N) is 2. The summed E-state index contributed by atoms with van der Waals surface area (Å²) in [5.74, 6) is 0.711. The van der Waals surface area contributed by atoms with E-state index in [1.165, 1.54) is 4.88 Å². The lowest BCUT2D eigenvalue weighted by Crippen LogP contribution is -1.93. The van der Waals surface area contributed by atoms with Crippen molar-refractivity contribution >= 4 is 38.9 Å². The fourth-order valence-electron chi connectivity index (χ4n) is 1.33. The lowest BCUT2D eigenvalue weighted by atomic mass is 10.3. The van der Waals surface area contributed by atoms with Gasteiger partial charge in [0.25, 0.3) is 0 Å². The summed E-state index contributed by atoms with van der Waals surface area (Å²) in [6.45, 7) is 4.11. The predicted molar refractivity (Wildman–Crippen MR) is 72.2 cm³/mol. The summed E-state index contributed by atoms with van der Waals surface area (Å²) in [7, 11) is 0. The Kier molecular flexibility index (Phi) is 3.62. The van der Waals surface area contributed by atoms with Crippen LogP contribution in [-0.2, 0) is 6.42 Å². The summed E-state index contributed by atoms with van der Waals surface area (Å²) in [5, 5.41) is 0.504. The monoisotopic (exact) mass is 316 g/mol. The van der Waals surface area contributed by atoms with Crippen molar-refractivity contribution in [2.24, 2.45) is 0 Å². The molecule has 0 bridgehead atoms. The number of rotatable bonds is 2. The van der Waals surface area contributed by atoms with Gasteiger partial charge in [0.2, 0.25) is 0 Å². The van der Waals surface area contributed by atoms with Gasteiger partial charge in [-0.2, -0.15) is 0 Å². The van der Waals surface area contributed by atoms with Crippen molar-refractivity contribution in [1.29, 1.82) is 0 Å². The van der Waals surface area contributed by atoms with Crippen LogP contribution in [0.5, 0.6) is 0 Å². The Hall–Kier alpha value is -0.450. The van der Waals surface area contributed by atoms with Gasteiger partial charge in [-0.25, -0.2) is 9.97 Å². The second-order valence-electron chi connectivity index (χ2n) is 3.37. The molecule has 0 amide bonds. The largest absolute Gasteiger partial charge is 0.232 e. The second-order valence-corrected chi connectivity index (χ2v) is 5.87. The van der Waals surface area contributed by atoms with Crippen LogP contribution < -0.4 is 0 Å². The van der Waals surface area contributed by atoms with Crippen LogP contribution >= 0.6 is 38.9 Å². The molecule has 2 nitrogen and oxygen atoms in total. The van der Waals surface area contributed by atoms with Crippen LogP contribution in [0.15, 0.2) is 16.6 Å². The Labute approximate surface area is 112 Å². The summed E-state index contributed by atoms with van der Waals surface area (Å²) in [6, 6.07) is 3.84. The van der Waals surface area contributed by atoms with E-state index >= 15 is 0 Å². The van der Waals surface area contributed by atoms with Crippen molar-refractivity contribution < 1.29 is 0 Å². The minimum atomic E-state index is 0.504. The molecule has 0 saturated heterocycles. The van der Waals surface area contributed by atoms with Crippen molar-refractivity contribution in [2.75, 3.05) is 0 Å². The second kappa shape index (κ2) is 4.82. The van der Waals surface area contributed by atoms with Gasteiger partial charge in [-0.3, -0.25) is 0 Å². The van der Waals surface area contributed by atoms with E-state index in [1.54, 1.807) is 17.4 Å². The van der Waals surface area contributed by atoms with Gasteiger partial charge in [-0.1, -0.05) is 18.5 Å². The Morgan fingerprint density at radius 1 is 1.38 bits per heavy atom. The molecule has 2 heterocycles. The van der Waals surface area contributed by atoms with Gasteiger partial charge in [0.15, 0.2) is 5.82 Å². The maximum Gasteiger partial charge on any atom is 0.171 e. The molecule has 2 rings (SSSR count). The number of thiophene rings is 1. The standard InChI is InChI=1S/C11H10BrClN2S/c1-3-7-4-10(13)15-11(14-7)9-5-8(12)6(2)16-9/h4-5H,3H2,1-2H3. The topological polar surface area (TPSA) is 25.8 Å². The first-order valence-electron chi connectivity index (χ1n) is 4.90. The molecule has 2 aromatic rings. The van der Waals surface area contributed by atoms with E-state index in [0.29, 0.717) is 11.0 Å². The highest BCUT2D eigenvalue weighted by atomic mass is 79.9. The Bertz CT molecular complexity index is 505. The molecule has 0 fully saturated rings. The smallest absolute Gasteiger partial charge is 0.171 e. The molecular weight excluding hydrogens is 308 g/mol. The first-order valence-corrected chi connectivity index (χ1v) is 6.88. The molecule has 0 aromatic carbocycles. The van der Waals surface area contributed by atoms with Gasteiger partial charge in [0, 0.05) is 15.0 Å². The quantitative estimate of drug-likeness (QED) is 0.763. The molecule has 0 N–H and O–H groups in total. The molecule has 5 heteroatoms. The zero-order chi connectivity index (χ0) is 11.7. The fourth-order valence-corrected chi connectivity index (χ4v) is 3.00. The Balaban J connectivity index is 2.50. The molecule has 0 aliphatic rings. The average Bonchev–Trinajstić information content (AvgIpc) is 2.58. The van der Waals surface area contributed by atoms with Crippen LogP contribution in [0, 0.1) is 6.92 Å². The maximum atomic E-state index is 5.97. The van der Waals surface area contributed by atoms with Gasteiger partial charge >= 0.3 is 0 Å². The lowest BCUT2D eigenvalue weighted by molar-refractivity contribution is 1.01. The van der Waals surface area contributed by atoms with E-state index < -0.39 is 0 Å². The molecule has 0 spiro atoms. The molecule has 0 radical (unpaired) electrons. The van der Waals surface area contributed by atoms with E-state index in [2.05, 4.69) is 39.7 Å². The molecule has 84 valence electrons. The number of aryl methyl sites for hydroxylation is 2. The van der Waals surface area contributed by atoms with Crippen LogP contribution in [-0.4, -0.2) is 9.97 Å². The van der Waals surface area contributed by atoms with Crippen LogP contribution in [0.25, 0.3) is 10.7 Å². The van der Waals surface area contributed by atoms with Crippen LogP contribution in [0.1, 0.15) is 17.5 Å². The molecule has 2 aromatic heterocycles. The van der Waals surface area contributed by atoms with E-state index in [4.69, 9.17) is 11.6 Å². The third kappa shape index (κ3) is 2.44. The van der Waals surface area contributed by atoms with Crippen molar-refractivity contribution in [3.63, 3.8) is 0 Å². The summed E-state index contributed by atoms with van der Waals surface area (Å²) < 4.78 is 1.09. The fraction of sp³-hybridized carbons (Fsp3) is 0.273. The van der Waals surface area contributed by atoms with Crippen molar-refractivity contribution in [3.05, 3.63) is 32.3 Å². The zero-order valence-corrected chi connectivity index (χ0v) is 12.1. The van der Waals surface area contributed by atoms with Gasteiger partial charge < -0.3 is 0 Å². The Morgan fingerprint density at radius 2 is 2.12 bits per heavy atom. The van der Waals surface area contributed by atoms with Crippen LogP contribution in [0.3, 0.4) is 0 Å². The SMILES string of the molecule is CCc1cc(Cl)nc(-c2cc(Br)c(C)s2)n1. The number of hydrogen-bond donors (Lipinski definition) is 0. The average molecular weight is 318 g/mol. The molecule has 0 aliphatic heterocycles. The van der Waals surface area contributed by atoms with E-state index in [1.807, 2.05) is 6.07 Å². The highest BCUT2D eigenvalue weighted by Gasteiger charge is 2.09. The van der Waals surface area contributed by atoms with Crippen molar-refractivity contribution in [3.8, 4) is 10.7 Å². The summed E-state index contributed by atoms with van der Waals surface area (Å²) in [4.78, 5) is 11.0. The molecule has 0 aliphatic carbocycles. The van der Waals surface area contributed by atoms with E-state index in [9.17, 15) is 0 Å². The highest BCUT2D eigenvalue weighted by Crippen LogP contribution is 2.32. The first-order chi connectivity index (χ1) is 7.60. The van der Waals surface area contributed by atoms with E-state index in [-0.39, 0.29) is 0 Å². The first kappa shape index (κ1) is 12.0. The normalized spacial score (nSPS) is 10.8. The van der Waals surface area contributed by atoms with Gasteiger partial charge in [0.1, 0.15) is 5.15 Å². The van der Waals surface area contributed by atoms with Crippen molar-refractivity contribution in [1.82, 2.24) is 9.97 Å². The number of hydrogen-bond acceptors (Lipinski definition) is 3. The maximum absolute atomic E-state index is 5.97.